The first-order valence-electron chi connectivity index (χ1n) is 6.13. The summed E-state index contributed by atoms with van der Waals surface area (Å²) < 4.78 is 4.48. The summed E-state index contributed by atoms with van der Waals surface area (Å²) in [7, 11) is 0. The SMILES string of the molecule is CCCCCC[C@H](NC(=O)COC(C)=O)C(=O)O. The Morgan fingerprint density at radius 1 is 1.22 bits per heavy atom. The van der Waals surface area contributed by atoms with Crippen molar-refractivity contribution in [2.75, 3.05) is 6.61 Å². The number of hydrogen-bond acceptors (Lipinski definition) is 4. The quantitative estimate of drug-likeness (QED) is 0.477. The number of carbonyl (C=O) groups is 3. The van der Waals surface area contributed by atoms with Crippen molar-refractivity contribution in [2.45, 2.75) is 52.0 Å². The Labute approximate surface area is 107 Å². The van der Waals surface area contributed by atoms with Gasteiger partial charge in [0.2, 0.25) is 0 Å². The second kappa shape index (κ2) is 9.44. The van der Waals surface area contributed by atoms with Gasteiger partial charge in [0.05, 0.1) is 0 Å². The molecule has 0 spiro atoms. The van der Waals surface area contributed by atoms with Crippen molar-refractivity contribution in [1.82, 2.24) is 5.32 Å². The first kappa shape index (κ1) is 16.4. The van der Waals surface area contributed by atoms with Crippen molar-refractivity contribution in [2.24, 2.45) is 0 Å². The predicted octanol–water partition coefficient (Wildman–Crippen LogP) is 1.09. The standard InChI is InChI=1S/C12H21NO5/c1-3-4-5-6-7-10(12(16)17)13-11(15)8-18-9(2)14/h10H,3-8H2,1-2H3,(H,13,15)(H,16,17)/t10-/m0/s1. The molecular weight excluding hydrogens is 238 g/mol. The van der Waals surface area contributed by atoms with Crippen LogP contribution in [0.5, 0.6) is 0 Å². The normalized spacial score (nSPS) is 11.7. The number of hydrogen-bond donors (Lipinski definition) is 2. The minimum Gasteiger partial charge on any atom is -0.480 e. The lowest BCUT2D eigenvalue weighted by Crippen LogP contribution is -2.42. The van der Waals surface area contributed by atoms with Gasteiger partial charge in [-0.2, -0.15) is 0 Å². The van der Waals surface area contributed by atoms with E-state index < -0.39 is 30.5 Å². The van der Waals surface area contributed by atoms with E-state index in [0.29, 0.717) is 6.42 Å². The van der Waals surface area contributed by atoms with Crippen LogP contribution in [0.3, 0.4) is 0 Å². The molecule has 0 aromatic carbocycles. The van der Waals surface area contributed by atoms with Gasteiger partial charge >= 0.3 is 11.9 Å². The largest absolute Gasteiger partial charge is 0.480 e. The van der Waals surface area contributed by atoms with Gasteiger partial charge in [-0.05, 0) is 6.42 Å². The van der Waals surface area contributed by atoms with E-state index in [9.17, 15) is 14.4 Å². The van der Waals surface area contributed by atoms with Crippen LogP contribution in [0, 0.1) is 0 Å². The van der Waals surface area contributed by atoms with Gasteiger partial charge in [-0.1, -0.05) is 32.6 Å². The summed E-state index contributed by atoms with van der Waals surface area (Å²) in [6, 6.07) is -0.912. The van der Waals surface area contributed by atoms with Gasteiger partial charge in [0.15, 0.2) is 6.61 Å². The van der Waals surface area contributed by atoms with Crippen molar-refractivity contribution in [3.05, 3.63) is 0 Å². The third kappa shape index (κ3) is 8.55. The summed E-state index contributed by atoms with van der Waals surface area (Å²) in [4.78, 5) is 32.7. The van der Waals surface area contributed by atoms with Crippen LogP contribution in [0.15, 0.2) is 0 Å². The highest BCUT2D eigenvalue weighted by molar-refractivity contribution is 5.85. The van der Waals surface area contributed by atoms with Crippen LogP contribution in [0.4, 0.5) is 0 Å². The molecule has 0 aromatic rings. The van der Waals surface area contributed by atoms with Crippen LogP contribution in [-0.2, 0) is 19.1 Å². The molecule has 0 aliphatic heterocycles. The fourth-order valence-corrected chi connectivity index (χ4v) is 1.44. The van der Waals surface area contributed by atoms with Crippen LogP contribution in [0.2, 0.25) is 0 Å². The lowest BCUT2D eigenvalue weighted by Gasteiger charge is -2.14. The van der Waals surface area contributed by atoms with Crippen LogP contribution >= 0.6 is 0 Å². The minimum absolute atomic E-state index is 0.390. The fourth-order valence-electron chi connectivity index (χ4n) is 1.44. The molecule has 1 amide bonds. The number of carboxylic acids is 1. The fraction of sp³-hybridized carbons (Fsp3) is 0.750. The average molecular weight is 259 g/mol. The molecule has 6 heteroatoms. The second-order valence-electron chi connectivity index (χ2n) is 4.09. The van der Waals surface area contributed by atoms with Crippen molar-refractivity contribution in [3.63, 3.8) is 0 Å². The van der Waals surface area contributed by atoms with E-state index in [2.05, 4.69) is 17.0 Å². The Morgan fingerprint density at radius 3 is 2.39 bits per heavy atom. The molecule has 0 aliphatic carbocycles. The van der Waals surface area contributed by atoms with Gasteiger partial charge < -0.3 is 15.2 Å². The number of unbranched alkanes of at least 4 members (excludes halogenated alkanes) is 3. The van der Waals surface area contributed by atoms with Crippen molar-refractivity contribution < 1.29 is 24.2 Å². The van der Waals surface area contributed by atoms with E-state index in [1.165, 1.54) is 6.92 Å². The molecule has 1 atom stereocenters. The zero-order valence-corrected chi connectivity index (χ0v) is 10.9. The highest BCUT2D eigenvalue weighted by Crippen LogP contribution is 2.05. The zero-order chi connectivity index (χ0) is 14.0. The number of esters is 1. The van der Waals surface area contributed by atoms with Gasteiger partial charge in [0.1, 0.15) is 6.04 Å². The second-order valence-corrected chi connectivity index (χ2v) is 4.09. The van der Waals surface area contributed by atoms with Gasteiger partial charge in [-0.25, -0.2) is 4.79 Å². The lowest BCUT2D eigenvalue weighted by molar-refractivity contribution is -0.148. The van der Waals surface area contributed by atoms with E-state index in [0.717, 1.165) is 25.7 Å². The molecule has 0 bridgehead atoms. The number of rotatable bonds is 9. The van der Waals surface area contributed by atoms with Crippen molar-refractivity contribution in [1.29, 1.82) is 0 Å². The van der Waals surface area contributed by atoms with Crippen LogP contribution in [0.1, 0.15) is 46.0 Å². The smallest absolute Gasteiger partial charge is 0.326 e. The predicted molar refractivity (Wildman–Crippen MR) is 65.0 cm³/mol. The molecule has 0 heterocycles. The average Bonchev–Trinajstić information content (AvgIpc) is 2.30. The molecular formula is C12H21NO5. The highest BCUT2D eigenvalue weighted by Gasteiger charge is 2.19. The number of amides is 1. The topological polar surface area (TPSA) is 92.7 Å². The molecule has 0 unspecified atom stereocenters. The van der Waals surface area contributed by atoms with Crippen LogP contribution in [-0.4, -0.2) is 35.6 Å². The van der Waals surface area contributed by atoms with Crippen molar-refractivity contribution >= 4 is 17.8 Å². The number of carboxylic acid groups (broad SMARTS) is 1. The maximum atomic E-state index is 11.3. The molecule has 104 valence electrons. The Hall–Kier alpha value is -1.59. The van der Waals surface area contributed by atoms with Gasteiger partial charge in [-0.15, -0.1) is 0 Å². The molecule has 18 heavy (non-hydrogen) atoms. The van der Waals surface area contributed by atoms with Gasteiger partial charge in [0, 0.05) is 6.92 Å². The third-order valence-electron chi connectivity index (χ3n) is 2.39. The van der Waals surface area contributed by atoms with Gasteiger partial charge in [-0.3, -0.25) is 9.59 Å². The van der Waals surface area contributed by atoms with E-state index in [-0.39, 0.29) is 0 Å². The molecule has 0 aliphatic rings. The molecule has 0 fully saturated rings. The summed E-state index contributed by atoms with van der Waals surface area (Å²) in [5, 5.41) is 11.3. The molecule has 0 saturated heterocycles. The number of ether oxygens (including phenoxy) is 1. The van der Waals surface area contributed by atoms with E-state index in [4.69, 9.17) is 5.11 Å². The maximum absolute atomic E-state index is 11.3. The monoisotopic (exact) mass is 259 g/mol. The molecule has 0 saturated carbocycles. The summed E-state index contributed by atoms with van der Waals surface area (Å²) in [5.74, 6) is -2.23. The maximum Gasteiger partial charge on any atom is 0.326 e. The Morgan fingerprint density at radius 2 is 1.89 bits per heavy atom. The van der Waals surface area contributed by atoms with E-state index in [1.54, 1.807) is 0 Å². The zero-order valence-electron chi connectivity index (χ0n) is 10.9. The Kier molecular flexibility index (Phi) is 8.61. The number of carbonyl (C=O) groups excluding carboxylic acids is 2. The third-order valence-corrected chi connectivity index (χ3v) is 2.39. The number of aliphatic carboxylic acids is 1. The van der Waals surface area contributed by atoms with Crippen molar-refractivity contribution in [3.8, 4) is 0 Å². The molecule has 0 rings (SSSR count). The Bertz CT molecular complexity index is 290. The highest BCUT2D eigenvalue weighted by atomic mass is 16.5. The summed E-state index contributed by atoms with van der Waals surface area (Å²) in [6.45, 7) is 2.82. The Balaban J connectivity index is 3.99. The van der Waals surface area contributed by atoms with E-state index in [1.807, 2.05) is 0 Å². The van der Waals surface area contributed by atoms with Crippen LogP contribution in [0.25, 0.3) is 0 Å². The number of nitrogens with one attached hydrogen (secondary N) is 1. The molecule has 2 N–H and O–H groups in total. The van der Waals surface area contributed by atoms with Gasteiger partial charge in [0.25, 0.3) is 5.91 Å². The summed E-state index contributed by atoms with van der Waals surface area (Å²) >= 11 is 0. The molecule has 6 nitrogen and oxygen atoms in total. The minimum atomic E-state index is -1.07. The first-order valence-corrected chi connectivity index (χ1v) is 6.13. The van der Waals surface area contributed by atoms with E-state index >= 15 is 0 Å². The summed E-state index contributed by atoms with van der Waals surface area (Å²) in [6.07, 6.45) is 4.20. The summed E-state index contributed by atoms with van der Waals surface area (Å²) in [5.41, 5.74) is 0. The molecule has 0 aromatic heterocycles. The molecule has 0 radical (unpaired) electrons. The first-order chi connectivity index (χ1) is 8.47. The van der Waals surface area contributed by atoms with Crippen LogP contribution < -0.4 is 5.32 Å². The lowest BCUT2D eigenvalue weighted by atomic mass is 10.1.